The summed E-state index contributed by atoms with van der Waals surface area (Å²) in [5.41, 5.74) is 1.85. The molecule has 138 valence electrons. The predicted octanol–water partition coefficient (Wildman–Crippen LogP) is 2.48. The first-order valence-electron chi connectivity index (χ1n) is 8.94. The highest BCUT2D eigenvalue weighted by atomic mass is 16.3. The summed E-state index contributed by atoms with van der Waals surface area (Å²) in [6, 6.07) is 11.3. The molecule has 6 nitrogen and oxygen atoms in total. The second kappa shape index (κ2) is 8.19. The van der Waals surface area contributed by atoms with Crippen LogP contribution in [0, 0.1) is 0 Å². The zero-order valence-corrected chi connectivity index (χ0v) is 15.3. The summed E-state index contributed by atoms with van der Waals surface area (Å²) in [5.74, 6) is 0.849. The fourth-order valence-electron chi connectivity index (χ4n) is 3.17. The third-order valence-corrected chi connectivity index (χ3v) is 4.73. The molecule has 2 aromatic rings. The molecule has 1 fully saturated rings. The lowest BCUT2D eigenvalue weighted by Gasteiger charge is -2.35. The van der Waals surface area contributed by atoms with E-state index in [1.54, 1.807) is 13.2 Å². The maximum atomic E-state index is 12.2. The normalized spacial score (nSPS) is 16.3. The third kappa shape index (κ3) is 4.52. The second-order valence-electron chi connectivity index (χ2n) is 6.67. The van der Waals surface area contributed by atoms with Crippen molar-refractivity contribution >= 4 is 17.4 Å². The Kier molecular flexibility index (Phi) is 5.73. The van der Waals surface area contributed by atoms with Gasteiger partial charge in [0.1, 0.15) is 5.76 Å². The quantitative estimate of drug-likeness (QED) is 0.807. The van der Waals surface area contributed by atoms with E-state index < -0.39 is 0 Å². The van der Waals surface area contributed by atoms with Gasteiger partial charge in [0.05, 0.1) is 18.8 Å². The lowest BCUT2D eigenvalue weighted by Crippen LogP contribution is -2.49. The molecule has 0 bridgehead atoms. The highest BCUT2D eigenvalue weighted by Crippen LogP contribution is 2.18. The summed E-state index contributed by atoms with van der Waals surface area (Å²) in [6.07, 6.45) is 1.61. The fraction of sp³-hybridized carbons (Fsp3) is 0.400. The maximum Gasteiger partial charge on any atom is 0.234 e. The van der Waals surface area contributed by atoms with Crippen molar-refractivity contribution in [3.63, 3.8) is 0 Å². The molecule has 26 heavy (non-hydrogen) atoms. The number of ketones is 1. The van der Waals surface area contributed by atoms with E-state index in [0.29, 0.717) is 6.54 Å². The van der Waals surface area contributed by atoms with Crippen LogP contribution in [0.15, 0.2) is 47.1 Å². The first-order chi connectivity index (χ1) is 12.5. The first-order valence-corrected chi connectivity index (χ1v) is 8.94. The van der Waals surface area contributed by atoms with Crippen LogP contribution >= 0.6 is 0 Å². The van der Waals surface area contributed by atoms with E-state index in [0.717, 1.165) is 43.2 Å². The number of carbonyl (C=O) groups excluding carboxylic acids is 2. The van der Waals surface area contributed by atoms with Crippen molar-refractivity contribution in [1.29, 1.82) is 0 Å². The van der Waals surface area contributed by atoms with Gasteiger partial charge in [-0.3, -0.25) is 14.5 Å². The first kappa shape index (κ1) is 18.2. The Morgan fingerprint density at radius 1 is 1.12 bits per heavy atom. The van der Waals surface area contributed by atoms with E-state index in [1.807, 2.05) is 43.3 Å². The molecule has 1 N–H and O–H groups in total. The summed E-state index contributed by atoms with van der Waals surface area (Å²) < 4.78 is 5.32. The number of amides is 1. The number of carbonyl (C=O) groups is 2. The fourth-order valence-corrected chi connectivity index (χ4v) is 3.17. The van der Waals surface area contributed by atoms with Crippen LogP contribution < -0.4 is 10.2 Å². The number of Topliss-reactive ketones (excluding diaryl/α,β-unsaturated/α-hetero) is 1. The van der Waals surface area contributed by atoms with Gasteiger partial charge >= 0.3 is 0 Å². The molecule has 0 aliphatic carbocycles. The van der Waals surface area contributed by atoms with Crippen molar-refractivity contribution in [3.05, 3.63) is 54.0 Å². The molecule has 0 unspecified atom stereocenters. The van der Waals surface area contributed by atoms with Crippen molar-refractivity contribution in [2.24, 2.45) is 0 Å². The van der Waals surface area contributed by atoms with Crippen molar-refractivity contribution in [2.75, 3.05) is 37.6 Å². The second-order valence-corrected chi connectivity index (χ2v) is 6.67. The van der Waals surface area contributed by atoms with Gasteiger partial charge in [-0.1, -0.05) is 0 Å². The monoisotopic (exact) mass is 355 g/mol. The lowest BCUT2D eigenvalue weighted by atomic mass is 10.1. The van der Waals surface area contributed by atoms with Crippen molar-refractivity contribution in [1.82, 2.24) is 10.2 Å². The number of hydrogen-bond donors (Lipinski definition) is 1. The predicted molar refractivity (Wildman–Crippen MR) is 100 cm³/mol. The van der Waals surface area contributed by atoms with E-state index in [1.165, 1.54) is 0 Å². The Bertz CT molecular complexity index is 732. The third-order valence-electron chi connectivity index (χ3n) is 4.73. The van der Waals surface area contributed by atoms with Crippen molar-refractivity contribution < 1.29 is 14.0 Å². The van der Waals surface area contributed by atoms with Crippen LogP contribution in [-0.2, 0) is 4.79 Å². The van der Waals surface area contributed by atoms with Gasteiger partial charge in [-0.2, -0.15) is 0 Å². The number of rotatable bonds is 6. The zero-order chi connectivity index (χ0) is 18.5. The maximum absolute atomic E-state index is 12.2. The largest absolute Gasteiger partial charge is 0.467 e. The minimum absolute atomic E-state index is 0.00756. The lowest BCUT2D eigenvalue weighted by molar-refractivity contribution is -0.123. The molecular formula is C20H25N3O3. The highest BCUT2D eigenvalue weighted by Gasteiger charge is 2.20. The Hall–Kier alpha value is -2.60. The van der Waals surface area contributed by atoms with Crippen molar-refractivity contribution in [3.8, 4) is 0 Å². The Morgan fingerprint density at radius 3 is 2.38 bits per heavy atom. The average Bonchev–Trinajstić information content (AvgIpc) is 3.17. The average molecular weight is 355 g/mol. The summed E-state index contributed by atoms with van der Waals surface area (Å²) in [5, 5.41) is 2.97. The Balaban J connectivity index is 1.46. The highest BCUT2D eigenvalue weighted by molar-refractivity contribution is 5.94. The van der Waals surface area contributed by atoms with Crippen LogP contribution in [0.25, 0.3) is 0 Å². The molecule has 1 aromatic heterocycles. The molecule has 0 radical (unpaired) electrons. The molecule has 1 aromatic carbocycles. The number of furan rings is 1. The number of piperazine rings is 1. The number of hydrogen-bond acceptors (Lipinski definition) is 5. The zero-order valence-electron chi connectivity index (χ0n) is 15.3. The molecule has 0 saturated carbocycles. The van der Waals surface area contributed by atoms with Gasteiger partial charge in [0, 0.05) is 37.4 Å². The van der Waals surface area contributed by atoms with E-state index >= 15 is 0 Å². The summed E-state index contributed by atoms with van der Waals surface area (Å²) in [6.45, 7) is 7.27. The number of benzene rings is 1. The van der Waals surface area contributed by atoms with Crippen molar-refractivity contribution in [2.45, 2.75) is 19.9 Å². The van der Waals surface area contributed by atoms with E-state index in [2.05, 4.69) is 15.1 Å². The molecule has 1 atom stereocenters. The Morgan fingerprint density at radius 2 is 1.81 bits per heavy atom. The SMILES string of the molecule is CC(=O)c1ccc(N2CCN(CC(=O)N[C@H](C)c3ccco3)CC2)cc1. The minimum atomic E-state index is -0.126. The van der Waals surface area contributed by atoms with Crippen LogP contribution in [0.5, 0.6) is 0 Å². The molecule has 1 amide bonds. The minimum Gasteiger partial charge on any atom is -0.467 e. The van der Waals surface area contributed by atoms with E-state index in [9.17, 15) is 9.59 Å². The van der Waals surface area contributed by atoms with Crippen LogP contribution in [0.2, 0.25) is 0 Å². The summed E-state index contributed by atoms with van der Waals surface area (Å²) >= 11 is 0. The van der Waals surface area contributed by atoms with Crippen LogP contribution in [-0.4, -0.2) is 49.3 Å². The van der Waals surface area contributed by atoms with Gasteiger partial charge in [-0.05, 0) is 50.2 Å². The number of nitrogens with zero attached hydrogens (tertiary/aromatic N) is 2. The number of nitrogens with one attached hydrogen (secondary N) is 1. The van der Waals surface area contributed by atoms with Gasteiger partial charge < -0.3 is 14.6 Å². The molecule has 1 saturated heterocycles. The molecule has 1 aliphatic rings. The van der Waals surface area contributed by atoms with Gasteiger partial charge in [0.2, 0.25) is 5.91 Å². The molecule has 1 aliphatic heterocycles. The summed E-state index contributed by atoms with van der Waals surface area (Å²) in [7, 11) is 0. The van der Waals surface area contributed by atoms with Gasteiger partial charge in [0.15, 0.2) is 5.78 Å². The molecule has 6 heteroatoms. The van der Waals surface area contributed by atoms with Crippen LogP contribution in [0.4, 0.5) is 5.69 Å². The van der Waals surface area contributed by atoms with Gasteiger partial charge in [-0.25, -0.2) is 0 Å². The summed E-state index contributed by atoms with van der Waals surface area (Å²) in [4.78, 5) is 28.0. The van der Waals surface area contributed by atoms with Gasteiger partial charge in [-0.15, -0.1) is 0 Å². The van der Waals surface area contributed by atoms with E-state index in [4.69, 9.17) is 4.42 Å². The standard InChI is InChI=1S/C20H25N3O3/c1-15(19-4-3-13-26-19)21-20(25)14-22-9-11-23(12-10-22)18-7-5-17(6-8-18)16(2)24/h3-8,13,15H,9-12,14H2,1-2H3,(H,21,25)/t15-/m1/s1. The van der Waals surface area contributed by atoms with Gasteiger partial charge in [0.25, 0.3) is 0 Å². The smallest absolute Gasteiger partial charge is 0.234 e. The van der Waals surface area contributed by atoms with Crippen LogP contribution in [0.3, 0.4) is 0 Å². The van der Waals surface area contributed by atoms with E-state index in [-0.39, 0.29) is 17.7 Å². The molecule has 2 heterocycles. The molecule has 0 spiro atoms. The molecular weight excluding hydrogens is 330 g/mol. The van der Waals surface area contributed by atoms with Crippen LogP contribution in [0.1, 0.15) is 36.0 Å². The Labute approximate surface area is 153 Å². The topological polar surface area (TPSA) is 65.8 Å². The molecule has 3 rings (SSSR count). The number of anilines is 1.